The van der Waals surface area contributed by atoms with Crippen molar-refractivity contribution in [3.63, 3.8) is 0 Å². The van der Waals surface area contributed by atoms with E-state index in [0.717, 1.165) is 0 Å². The molecule has 84 valence electrons. The maximum Gasteiger partial charge on any atom is 2.00 e. The largest absolute Gasteiger partial charge is 2.00 e. The molecule has 0 saturated carbocycles. The maximum absolute atomic E-state index is 2.00. The van der Waals surface area contributed by atoms with Crippen LogP contribution in [-0.4, -0.2) is 0 Å². The minimum Gasteiger partial charge on any atom is -0.214 e. The van der Waals surface area contributed by atoms with E-state index < -0.39 is 0 Å². The molecule has 0 unspecified atom stereocenters. The zero-order valence-electron chi connectivity index (χ0n) is 9.66. The van der Waals surface area contributed by atoms with Crippen LogP contribution in [0.1, 0.15) is 0 Å². The Kier molecular flexibility index (Phi) is 17.1. The normalized spacial score (nSPS) is 7.06. The molecule has 0 atom stereocenters. The van der Waals surface area contributed by atoms with Gasteiger partial charge in [-0.3, -0.25) is 0 Å². The third-order valence-corrected chi connectivity index (χ3v) is 1.67. The molecule has 0 aliphatic heterocycles. The van der Waals surface area contributed by atoms with Crippen molar-refractivity contribution < 1.29 is 43.4 Å². The molecular formula is C15H15Ti2-. The zero-order valence-corrected chi connectivity index (χ0v) is 12.8. The van der Waals surface area contributed by atoms with Crippen molar-refractivity contribution in [2.75, 3.05) is 0 Å². The predicted molar refractivity (Wildman–Crippen MR) is 66.1 cm³/mol. The van der Waals surface area contributed by atoms with Gasteiger partial charge in [-0.2, -0.15) is 54.6 Å². The quantitative estimate of drug-likeness (QED) is 0.430. The van der Waals surface area contributed by atoms with E-state index in [0.29, 0.717) is 0 Å². The Balaban J connectivity index is 0. The molecule has 0 heterocycles. The Morgan fingerprint density at radius 3 is 0.647 bits per heavy atom. The van der Waals surface area contributed by atoms with Gasteiger partial charge >= 0.3 is 21.7 Å². The van der Waals surface area contributed by atoms with Crippen molar-refractivity contribution >= 4 is 0 Å². The molecule has 2 heteroatoms. The summed E-state index contributed by atoms with van der Waals surface area (Å²) in [5, 5.41) is 0. The summed E-state index contributed by atoms with van der Waals surface area (Å²) in [4.78, 5) is 0. The van der Waals surface area contributed by atoms with Gasteiger partial charge in [0.2, 0.25) is 0 Å². The number of hydrogen-bond acceptors (Lipinski definition) is 0. The Hall–Kier alpha value is -0.521. The molecule has 3 aromatic rings. The molecule has 17 heavy (non-hydrogen) atoms. The molecule has 0 nitrogen and oxygen atoms in total. The monoisotopic (exact) mass is 291 g/mol. The SMILES string of the molecule is [Ti+2].[Ti].c1cc[cH-]c1.c1cc[cH-]c1.c1cc[cH-]c1. The molecule has 3 aromatic carbocycles. The van der Waals surface area contributed by atoms with Crippen molar-refractivity contribution in [1.29, 1.82) is 0 Å². The summed E-state index contributed by atoms with van der Waals surface area (Å²) >= 11 is 0. The van der Waals surface area contributed by atoms with Crippen LogP contribution in [0.2, 0.25) is 0 Å². The van der Waals surface area contributed by atoms with Crippen molar-refractivity contribution in [2.45, 2.75) is 0 Å². The van der Waals surface area contributed by atoms with Gasteiger partial charge in [-0.05, 0) is 0 Å². The third-order valence-electron chi connectivity index (χ3n) is 1.67. The Bertz CT molecular complexity index is 241. The molecule has 0 bridgehead atoms. The first-order valence-corrected chi connectivity index (χ1v) is 5.00. The molecule has 0 amide bonds. The van der Waals surface area contributed by atoms with Crippen LogP contribution < -0.4 is 0 Å². The van der Waals surface area contributed by atoms with Crippen LogP contribution in [0.3, 0.4) is 0 Å². The Morgan fingerprint density at radius 2 is 0.588 bits per heavy atom. The fourth-order valence-electron chi connectivity index (χ4n) is 0.962. The molecule has 0 spiro atoms. The second-order valence-electron chi connectivity index (χ2n) is 2.89. The van der Waals surface area contributed by atoms with Gasteiger partial charge in [-0.1, -0.05) is 0 Å². The van der Waals surface area contributed by atoms with Gasteiger partial charge in [0.05, 0.1) is 0 Å². The second kappa shape index (κ2) is 15.5. The predicted octanol–water partition coefficient (Wildman–Crippen LogP) is 4.21. The zero-order chi connectivity index (χ0) is 10.6. The van der Waals surface area contributed by atoms with E-state index in [1.54, 1.807) is 0 Å². The molecule has 0 N–H and O–H groups in total. The summed E-state index contributed by atoms with van der Waals surface area (Å²) in [6.07, 6.45) is 0. The molecule has 3 rings (SSSR count). The molecule has 0 aromatic heterocycles. The summed E-state index contributed by atoms with van der Waals surface area (Å²) in [6, 6.07) is 30.0. The number of hydrogen-bond donors (Lipinski definition) is 0. The smallest absolute Gasteiger partial charge is 0.214 e. The van der Waals surface area contributed by atoms with Crippen molar-refractivity contribution in [3.8, 4) is 0 Å². The van der Waals surface area contributed by atoms with Crippen molar-refractivity contribution in [1.82, 2.24) is 0 Å². The van der Waals surface area contributed by atoms with Gasteiger partial charge in [0.1, 0.15) is 0 Å². The molecule has 0 saturated heterocycles. The molecule has 0 aliphatic rings. The summed E-state index contributed by atoms with van der Waals surface area (Å²) in [6.45, 7) is 0. The van der Waals surface area contributed by atoms with E-state index in [1.807, 2.05) is 91.0 Å². The van der Waals surface area contributed by atoms with E-state index in [9.17, 15) is 0 Å². The van der Waals surface area contributed by atoms with Gasteiger partial charge in [-0.25, -0.2) is 36.4 Å². The Morgan fingerprint density at radius 1 is 0.412 bits per heavy atom. The van der Waals surface area contributed by atoms with Crippen LogP contribution in [0.25, 0.3) is 0 Å². The van der Waals surface area contributed by atoms with Crippen molar-refractivity contribution in [2.24, 2.45) is 0 Å². The van der Waals surface area contributed by atoms with Crippen LogP contribution in [0.5, 0.6) is 0 Å². The molecule has 0 aliphatic carbocycles. The molecule has 0 fully saturated rings. The summed E-state index contributed by atoms with van der Waals surface area (Å²) in [7, 11) is 0. The van der Waals surface area contributed by atoms with Gasteiger partial charge in [0, 0.05) is 21.7 Å². The summed E-state index contributed by atoms with van der Waals surface area (Å²) < 4.78 is 0. The maximum atomic E-state index is 2.00. The fraction of sp³-hybridized carbons (Fsp3) is 0. The van der Waals surface area contributed by atoms with E-state index in [1.165, 1.54) is 0 Å². The van der Waals surface area contributed by atoms with E-state index >= 15 is 0 Å². The van der Waals surface area contributed by atoms with Gasteiger partial charge in [0.25, 0.3) is 0 Å². The van der Waals surface area contributed by atoms with Gasteiger partial charge < -0.3 is 0 Å². The first kappa shape index (κ1) is 18.8. The van der Waals surface area contributed by atoms with Gasteiger partial charge in [-0.15, -0.1) is 0 Å². The number of rotatable bonds is 0. The van der Waals surface area contributed by atoms with E-state index in [-0.39, 0.29) is 43.4 Å². The molecular weight excluding hydrogens is 276 g/mol. The standard InChI is InChI=1S/3C5H5.2Ti/c3*1-2-4-5-3-1;;/h3*1-5H;;/q3*-1;;+2. The topological polar surface area (TPSA) is 0 Å². The van der Waals surface area contributed by atoms with Crippen LogP contribution in [0.15, 0.2) is 91.0 Å². The van der Waals surface area contributed by atoms with Crippen LogP contribution in [0.4, 0.5) is 0 Å². The fourth-order valence-corrected chi connectivity index (χ4v) is 0.962. The van der Waals surface area contributed by atoms with E-state index in [4.69, 9.17) is 0 Å². The van der Waals surface area contributed by atoms with E-state index in [2.05, 4.69) is 0 Å². The summed E-state index contributed by atoms with van der Waals surface area (Å²) in [5.41, 5.74) is 0. The first-order chi connectivity index (χ1) is 7.50. The average molecular weight is 291 g/mol. The Labute approximate surface area is 134 Å². The average Bonchev–Trinajstić information content (AvgIpc) is 3.09. The van der Waals surface area contributed by atoms with Crippen LogP contribution >= 0.6 is 0 Å². The second-order valence-corrected chi connectivity index (χ2v) is 2.89. The van der Waals surface area contributed by atoms with Crippen molar-refractivity contribution in [3.05, 3.63) is 91.0 Å². The minimum absolute atomic E-state index is 0. The van der Waals surface area contributed by atoms with Gasteiger partial charge in [0.15, 0.2) is 0 Å². The van der Waals surface area contributed by atoms with Crippen LogP contribution in [-0.2, 0) is 43.4 Å². The third kappa shape index (κ3) is 13.4. The van der Waals surface area contributed by atoms with Crippen LogP contribution in [0, 0.1) is 0 Å². The first-order valence-electron chi connectivity index (χ1n) is 5.00. The minimum atomic E-state index is 0. The summed E-state index contributed by atoms with van der Waals surface area (Å²) in [5.74, 6) is 0. The molecule has 0 radical (unpaired) electrons.